The maximum Gasteiger partial charge on any atom is 0.228 e. The number of nitrogens with two attached hydrogens (primary N) is 1. The summed E-state index contributed by atoms with van der Waals surface area (Å²) in [5.41, 5.74) is 6.11. The fourth-order valence-corrected chi connectivity index (χ4v) is 1.65. The number of nitrogens with zero attached hydrogens (tertiary/aromatic N) is 2. The van der Waals surface area contributed by atoms with Crippen LogP contribution in [-0.4, -0.2) is 23.8 Å². The van der Waals surface area contributed by atoms with Crippen LogP contribution in [0.3, 0.4) is 0 Å². The number of rotatable bonds is 4. The largest absolute Gasteiger partial charge is 0.497 e. The summed E-state index contributed by atoms with van der Waals surface area (Å²) in [5.74, 6) is 1.65. The van der Waals surface area contributed by atoms with Crippen LogP contribution in [0.15, 0.2) is 22.7 Å². The first-order valence-electron chi connectivity index (χ1n) is 5.11. The van der Waals surface area contributed by atoms with E-state index in [4.69, 9.17) is 26.6 Å². The molecule has 0 unspecified atom stereocenters. The molecule has 5 nitrogen and oxygen atoms in total. The predicted octanol–water partition coefficient (Wildman–Crippen LogP) is 1.90. The molecule has 0 radical (unpaired) electrons. The molecule has 2 aromatic rings. The van der Waals surface area contributed by atoms with E-state index >= 15 is 0 Å². The van der Waals surface area contributed by atoms with Crippen LogP contribution in [0.1, 0.15) is 5.89 Å². The normalized spacial score (nSPS) is 10.5. The summed E-state index contributed by atoms with van der Waals surface area (Å²) in [6.07, 6.45) is 0.556. The minimum Gasteiger partial charge on any atom is -0.497 e. The first-order chi connectivity index (χ1) is 8.24. The minimum absolute atomic E-state index is 0.459. The van der Waals surface area contributed by atoms with Crippen molar-refractivity contribution in [3.8, 4) is 17.1 Å². The number of hydrogen-bond donors (Lipinski definition) is 1. The van der Waals surface area contributed by atoms with E-state index in [1.807, 2.05) is 0 Å². The molecule has 1 aromatic carbocycles. The van der Waals surface area contributed by atoms with Gasteiger partial charge in [-0.05, 0) is 18.2 Å². The SMILES string of the molecule is COc1ccc(-c2noc(CCN)n2)c(Cl)c1. The van der Waals surface area contributed by atoms with Gasteiger partial charge in [0.15, 0.2) is 0 Å². The Kier molecular flexibility index (Phi) is 3.61. The smallest absolute Gasteiger partial charge is 0.228 e. The quantitative estimate of drug-likeness (QED) is 0.901. The average Bonchev–Trinajstić information content (AvgIpc) is 2.78. The number of hydrogen-bond acceptors (Lipinski definition) is 5. The van der Waals surface area contributed by atoms with E-state index in [0.717, 1.165) is 0 Å². The van der Waals surface area contributed by atoms with E-state index in [9.17, 15) is 0 Å². The molecule has 0 saturated carbocycles. The first kappa shape index (κ1) is 11.9. The van der Waals surface area contributed by atoms with Gasteiger partial charge >= 0.3 is 0 Å². The van der Waals surface area contributed by atoms with Crippen molar-refractivity contribution in [2.75, 3.05) is 13.7 Å². The third-order valence-electron chi connectivity index (χ3n) is 2.24. The lowest BCUT2D eigenvalue weighted by Crippen LogP contribution is -2.02. The van der Waals surface area contributed by atoms with Gasteiger partial charge < -0.3 is 15.0 Å². The van der Waals surface area contributed by atoms with Crippen LogP contribution < -0.4 is 10.5 Å². The number of ether oxygens (including phenoxy) is 1. The summed E-state index contributed by atoms with van der Waals surface area (Å²) in [6.45, 7) is 0.470. The van der Waals surface area contributed by atoms with Crippen molar-refractivity contribution in [1.82, 2.24) is 10.1 Å². The molecule has 0 amide bonds. The zero-order chi connectivity index (χ0) is 12.3. The average molecular weight is 254 g/mol. The lowest BCUT2D eigenvalue weighted by atomic mass is 10.2. The molecule has 2 N–H and O–H groups in total. The van der Waals surface area contributed by atoms with E-state index in [0.29, 0.717) is 41.0 Å². The van der Waals surface area contributed by atoms with Gasteiger partial charge in [0.1, 0.15) is 5.75 Å². The molecule has 0 aliphatic carbocycles. The summed E-state index contributed by atoms with van der Waals surface area (Å²) in [4.78, 5) is 4.20. The van der Waals surface area contributed by atoms with Crippen LogP contribution in [0, 0.1) is 0 Å². The zero-order valence-electron chi connectivity index (χ0n) is 9.31. The van der Waals surface area contributed by atoms with Crippen molar-refractivity contribution in [1.29, 1.82) is 0 Å². The van der Waals surface area contributed by atoms with Crippen molar-refractivity contribution >= 4 is 11.6 Å². The summed E-state index contributed by atoms with van der Waals surface area (Å²) in [5, 5.41) is 4.37. The van der Waals surface area contributed by atoms with Crippen molar-refractivity contribution in [3.05, 3.63) is 29.1 Å². The molecule has 0 saturated heterocycles. The van der Waals surface area contributed by atoms with Crippen LogP contribution in [0.25, 0.3) is 11.4 Å². The highest BCUT2D eigenvalue weighted by molar-refractivity contribution is 6.33. The Morgan fingerprint density at radius 2 is 2.29 bits per heavy atom. The first-order valence-corrected chi connectivity index (χ1v) is 5.49. The van der Waals surface area contributed by atoms with Crippen LogP contribution >= 0.6 is 11.6 Å². The van der Waals surface area contributed by atoms with Gasteiger partial charge in [0.25, 0.3) is 0 Å². The molecule has 0 spiro atoms. The third kappa shape index (κ3) is 2.57. The van der Waals surface area contributed by atoms with Gasteiger partial charge in [-0.2, -0.15) is 4.98 Å². The molecule has 0 atom stereocenters. The summed E-state index contributed by atoms with van der Waals surface area (Å²) in [6, 6.07) is 5.29. The van der Waals surface area contributed by atoms with E-state index < -0.39 is 0 Å². The third-order valence-corrected chi connectivity index (χ3v) is 2.56. The van der Waals surface area contributed by atoms with E-state index in [2.05, 4.69) is 10.1 Å². The second-order valence-corrected chi connectivity index (χ2v) is 3.80. The maximum atomic E-state index is 6.10. The highest BCUT2D eigenvalue weighted by atomic mass is 35.5. The molecule has 17 heavy (non-hydrogen) atoms. The Morgan fingerprint density at radius 3 is 2.94 bits per heavy atom. The van der Waals surface area contributed by atoms with Crippen molar-refractivity contribution in [2.45, 2.75) is 6.42 Å². The summed E-state index contributed by atoms with van der Waals surface area (Å²) < 4.78 is 10.1. The van der Waals surface area contributed by atoms with Gasteiger partial charge in [-0.3, -0.25) is 0 Å². The molecule has 0 aliphatic heterocycles. The maximum absolute atomic E-state index is 6.10. The van der Waals surface area contributed by atoms with Gasteiger partial charge in [-0.1, -0.05) is 16.8 Å². The summed E-state index contributed by atoms with van der Waals surface area (Å²) >= 11 is 6.10. The molecule has 0 bridgehead atoms. The van der Waals surface area contributed by atoms with Gasteiger partial charge in [0.2, 0.25) is 11.7 Å². The van der Waals surface area contributed by atoms with Gasteiger partial charge in [0.05, 0.1) is 12.1 Å². The standard InChI is InChI=1S/C11H12ClN3O2/c1-16-7-2-3-8(9(12)6-7)11-14-10(4-5-13)17-15-11/h2-3,6H,4-5,13H2,1H3. The highest BCUT2D eigenvalue weighted by Crippen LogP contribution is 2.29. The molecule has 6 heteroatoms. The molecule has 0 aliphatic rings. The lowest BCUT2D eigenvalue weighted by Gasteiger charge is -2.02. The number of benzene rings is 1. The predicted molar refractivity (Wildman–Crippen MR) is 64.1 cm³/mol. The van der Waals surface area contributed by atoms with Crippen molar-refractivity contribution < 1.29 is 9.26 Å². The Bertz CT molecular complexity index is 513. The van der Waals surface area contributed by atoms with Gasteiger partial charge in [0, 0.05) is 18.5 Å². The van der Waals surface area contributed by atoms with Crippen LogP contribution in [-0.2, 0) is 6.42 Å². The Morgan fingerprint density at radius 1 is 1.47 bits per heavy atom. The highest BCUT2D eigenvalue weighted by Gasteiger charge is 2.12. The lowest BCUT2D eigenvalue weighted by molar-refractivity contribution is 0.380. The molecule has 2 rings (SSSR count). The Hall–Kier alpha value is -1.59. The molecular weight excluding hydrogens is 242 g/mol. The monoisotopic (exact) mass is 253 g/mol. The second kappa shape index (κ2) is 5.16. The van der Waals surface area contributed by atoms with Crippen LogP contribution in [0.5, 0.6) is 5.75 Å². The molecule has 1 aromatic heterocycles. The zero-order valence-corrected chi connectivity index (χ0v) is 10.1. The van der Waals surface area contributed by atoms with Crippen molar-refractivity contribution in [2.24, 2.45) is 5.73 Å². The molecule has 1 heterocycles. The van der Waals surface area contributed by atoms with E-state index in [1.54, 1.807) is 25.3 Å². The second-order valence-electron chi connectivity index (χ2n) is 3.40. The van der Waals surface area contributed by atoms with Crippen LogP contribution in [0.4, 0.5) is 0 Å². The topological polar surface area (TPSA) is 74.2 Å². The molecule has 90 valence electrons. The molecule has 0 fully saturated rings. The Balaban J connectivity index is 2.32. The number of methoxy groups -OCH3 is 1. The number of aromatic nitrogens is 2. The minimum atomic E-state index is 0.459. The summed E-state index contributed by atoms with van der Waals surface area (Å²) in [7, 11) is 1.58. The molecular formula is C11H12ClN3O2. The number of halogens is 1. The fourth-order valence-electron chi connectivity index (χ4n) is 1.39. The Labute approximate surface area is 104 Å². The van der Waals surface area contributed by atoms with Gasteiger partial charge in [-0.15, -0.1) is 0 Å². The van der Waals surface area contributed by atoms with E-state index in [-0.39, 0.29) is 0 Å². The van der Waals surface area contributed by atoms with Crippen molar-refractivity contribution in [3.63, 3.8) is 0 Å². The van der Waals surface area contributed by atoms with E-state index in [1.165, 1.54) is 0 Å². The fraction of sp³-hybridized carbons (Fsp3) is 0.273. The van der Waals surface area contributed by atoms with Gasteiger partial charge in [-0.25, -0.2) is 0 Å². The van der Waals surface area contributed by atoms with Crippen LogP contribution in [0.2, 0.25) is 5.02 Å².